The third kappa shape index (κ3) is 3.79. The number of hydrogen-bond acceptors (Lipinski definition) is 3. The third-order valence-corrected chi connectivity index (χ3v) is 4.49. The number of rotatable bonds is 6. The van der Waals surface area contributed by atoms with Gasteiger partial charge in [-0.1, -0.05) is 30.3 Å². The van der Waals surface area contributed by atoms with Crippen LogP contribution in [0.5, 0.6) is 0 Å². The molecule has 3 rings (SSSR count). The smallest absolute Gasteiger partial charge is 0.226 e. The summed E-state index contributed by atoms with van der Waals surface area (Å²) < 4.78 is 2.12. The molecule has 0 saturated carbocycles. The summed E-state index contributed by atoms with van der Waals surface area (Å²) in [5.74, 6) is 1.11. The molecule has 1 unspecified atom stereocenters. The fourth-order valence-corrected chi connectivity index (χ4v) is 3.18. The Hall–Kier alpha value is -2.14. The van der Waals surface area contributed by atoms with Gasteiger partial charge in [0.25, 0.3) is 0 Å². The topological polar surface area (TPSA) is 58.4 Å². The molecule has 1 aromatic carbocycles. The number of hydrogen-bond donors (Lipinski definition) is 1. The van der Waals surface area contributed by atoms with E-state index in [1.54, 1.807) is 11.1 Å². The number of aliphatic hydroxyl groups is 1. The van der Waals surface area contributed by atoms with Gasteiger partial charge in [0.15, 0.2) is 0 Å². The maximum absolute atomic E-state index is 12.8. The Labute approximate surface area is 136 Å². The highest BCUT2D eigenvalue weighted by atomic mass is 16.3. The van der Waals surface area contributed by atoms with Crippen LogP contribution in [0.4, 0.5) is 0 Å². The van der Waals surface area contributed by atoms with Crippen LogP contribution in [0, 0.1) is 5.92 Å². The van der Waals surface area contributed by atoms with Crippen molar-refractivity contribution in [3.05, 3.63) is 54.1 Å². The van der Waals surface area contributed by atoms with E-state index in [4.69, 9.17) is 0 Å². The zero-order valence-corrected chi connectivity index (χ0v) is 13.3. The van der Waals surface area contributed by atoms with E-state index in [0.717, 1.165) is 25.2 Å². The largest absolute Gasteiger partial charge is 0.395 e. The van der Waals surface area contributed by atoms with Crippen LogP contribution in [0.3, 0.4) is 0 Å². The molecule has 0 bridgehead atoms. The number of aliphatic hydroxyl groups excluding tert-OH is 1. The Morgan fingerprint density at radius 1 is 1.30 bits per heavy atom. The van der Waals surface area contributed by atoms with Gasteiger partial charge in [0.1, 0.15) is 5.82 Å². The highest BCUT2D eigenvalue weighted by Gasteiger charge is 2.28. The summed E-state index contributed by atoms with van der Waals surface area (Å²) in [6, 6.07) is 10.1. The van der Waals surface area contributed by atoms with E-state index in [0.29, 0.717) is 19.5 Å². The molecule has 5 heteroatoms. The fraction of sp³-hybridized carbons (Fsp3) is 0.444. The lowest BCUT2D eigenvalue weighted by Gasteiger charge is -2.29. The first-order chi connectivity index (χ1) is 11.3. The quantitative estimate of drug-likeness (QED) is 0.879. The first-order valence-electron chi connectivity index (χ1n) is 8.21. The molecule has 2 heterocycles. The van der Waals surface area contributed by atoms with E-state index in [2.05, 4.69) is 21.7 Å². The van der Waals surface area contributed by atoms with Crippen LogP contribution in [0.15, 0.2) is 42.7 Å². The zero-order chi connectivity index (χ0) is 16.1. The van der Waals surface area contributed by atoms with E-state index >= 15 is 0 Å². The second-order valence-corrected chi connectivity index (χ2v) is 6.01. The van der Waals surface area contributed by atoms with Crippen molar-refractivity contribution in [3.8, 4) is 0 Å². The Morgan fingerprint density at radius 3 is 2.91 bits per heavy atom. The van der Waals surface area contributed by atoms with E-state index in [9.17, 15) is 9.90 Å². The van der Waals surface area contributed by atoms with E-state index in [1.807, 2.05) is 24.4 Å². The van der Waals surface area contributed by atoms with Gasteiger partial charge in [-0.15, -0.1) is 0 Å². The molecular formula is C18H23N3O2. The first-order valence-corrected chi connectivity index (χ1v) is 8.21. The van der Waals surface area contributed by atoms with Gasteiger partial charge in [-0.3, -0.25) is 4.79 Å². The van der Waals surface area contributed by atoms with Crippen molar-refractivity contribution >= 4 is 5.91 Å². The number of carbonyl (C=O) groups is 1. The Balaban J connectivity index is 1.62. The normalized spacial score (nSPS) is 16.8. The highest BCUT2D eigenvalue weighted by Crippen LogP contribution is 2.21. The Kier molecular flexibility index (Phi) is 5.08. The summed E-state index contributed by atoms with van der Waals surface area (Å²) in [5, 5.41) is 9.30. The zero-order valence-electron chi connectivity index (χ0n) is 13.3. The maximum atomic E-state index is 12.8. The monoisotopic (exact) mass is 313 g/mol. The summed E-state index contributed by atoms with van der Waals surface area (Å²) in [7, 11) is 0. The van der Waals surface area contributed by atoms with Crippen LogP contribution < -0.4 is 0 Å². The Bertz CT molecular complexity index is 639. The standard InChI is InChI=1S/C18H23N3O2/c22-13-12-21(9-6-15-4-2-1-3-5-15)18(23)16-7-10-20-11-8-19-17(20)14-16/h1-5,8,11,16,22H,6-7,9-10,12-14H2. The van der Waals surface area contributed by atoms with Crippen molar-refractivity contribution in [2.45, 2.75) is 25.8 Å². The number of amides is 1. The summed E-state index contributed by atoms with van der Waals surface area (Å²) in [6.07, 6.45) is 6.11. The molecule has 1 N–H and O–H groups in total. The number of aryl methyl sites for hydroxylation is 1. The van der Waals surface area contributed by atoms with Crippen molar-refractivity contribution in [3.63, 3.8) is 0 Å². The molecule has 2 aromatic rings. The van der Waals surface area contributed by atoms with E-state index < -0.39 is 0 Å². The number of aromatic nitrogens is 2. The molecular weight excluding hydrogens is 290 g/mol. The molecule has 5 nitrogen and oxygen atoms in total. The lowest BCUT2D eigenvalue weighted by Crippen LogP contribution is -2.41. The average Bonchev–Trinajstić information content (AvgIpc) is 3.06. The van der Waals surface area contributed by atoms with Crippen molar-refractivity contribution in [1.29, 1.82) is 0 Å². The van der Waals surface area contributed by atoms with Gasteiger partial charge < -0.3 is 14.6 Å². The van der Waals surface area contributed by atoms with Crippen molar-refractivity contribution in [2.75, 3.05) is 19.7 Å². The minimum Gasteiger partial charge on any atom is -0.395 e. The van der Waals surface area contributed by atoms with Crippen LogP contribution >= 0.6 is 0 Å². The summed E-state index contributed by atoms with van der Waals surface area (Å²) in [6.45, 7) is 1.89. The molecule has 0 radical (unpaired) electrons. The van der Waals surface area contributed by atoms with Crippen LogP contribution in [0.2, 0.25) is 0 Å². The van der Waals surface area contributed by atoms with E-state index in [-0.39, 0.29) is 18.4 Å². The van der Waals surface area contributed by atoms with Gasteiger partial charge in [-0.25, -0.2) is 4.98 Å². The summed E-state index contributed by atoms with van der Waals surface area (Å²) in [5.41, 5.74) is 1.21. The van der Waals surface area contributed by atoms with Gasteiger partial charge in [0.05, 0.1) is 6.61 Å². The minimum atomic E-state index is -0.0211. The predicted molar refractivity (Wildman–Crippen MR) is 87.8 cm³/mol. The molecule has 122 valence electrons. The van der Waals surface area contributed by atoms with Gasteiger partial charge >= 0.3 is 0 Å². The van der Waals surface area contributed by atoms with Crippen LogP contribution in [-0.4, -0.2) is 45.2 Å². The van der Waals surface area contributed by atoms with Gasteiger partial charge in [0, 0.05) is 44.4 Å². The molecule has 0 aliphatic carbocycles. The lowest BCUT2D eigenvalue weighted by molar-refractivity contribution is -0.136. The summed E-state index contributed by atoms with van der Waals surface area (Å²) in [4.78, 5) is 19.0. The molecule has 1 amide bonds. The highest BCUT2D eigenvalue weighted by molar-refractivity contribution is 5.79. The van der Waals surface area contributed by atoms with Crippen molar-refractivity contribution < 1.29 is 9.90 Å². The van der Waals surface area contributed by atoms with Gasteiger partial charge in [-0.05, 0) is 18.4 Å². The fourth-order valence-electron chi connectivity index (χ4n) is 3.18. The third-order valence-electron chi connectivity index (χ3n) is 4.49. The van der Waals surface area contributed by atoms with Gasteiger partial charge in [0.2, 0.25) is 5.91 Å². The second-order valence-electron chi connectivity index (χ2n) is 6.01. The van der Waals surface area contributed by atoms with Crippen molar-refractivity contribution in [1.82, 2.24) is 14.5 Å². The molecule has 0 fully saturated rings. The van der Waals surface area contributed by atoms with Crippen LogP contribution in [0.1, 0.15) is 17.8 Å². The first kappa shape index (κ1) is 15.7. The average molecular weight is 313 g/mol. The number of fused-ring (bicyclic) bond motifs is 1. The number of carbonyl (C=O) groups excluding carboxylic acids is 1. The SMILES string of the molecule is O=C(C1CCn2ccnc2C1)N(CCO)CCc1ccccc1. The Morgan fingerprint density at radius 2 is 2.13 bits per heavy atom. The predicted octanol–water partition coefficient (Wildman–Crippen LogP) is 1.51. The number of benzene rings is 1. The van der Waals surface area contributed by atoms with Crippen molar-refractivity contribution in [2.24, 2.45) is 5.92 Å². The number of imidazole rings is 1. The van der Waals surface area contributed by atoms with Crippen LogP contribution in [-0.2, 0) is 24.2 Å². The molecule has 1 aliphatic rings. The second kappa shape index (κ2) is 7.42. The molecule has 1 aliphatic heterocycles. The van der Waals surface area contributed by atoms with Crippen LogP contribution in [0.25, 0.3) is 0 Å². The minimum absolute atomic E-state index is 0.00186. The van der Waals surface area contributed by atoms with Gasteiger partial charge in [-0.2, -0.15) is 0 Å². The number of nitrogens with zero attached hydrogens (tertiary/aromatic N) is 3. The maximum Gasteiger partial charge on any atom is 0.226 e. The molecule has 0 spiro atoms. The summed E-state index contributed by atoms with van der Waals surface area (Å²) >= 11 is 0. The molecule has 1 atom stereocenters. The van der Waals surface area contributed by atoms with E-state index in [1.165, 1.54) is 5.56 Å². The lowest BCUT2D eigenvalue weighted by atomic mass is 9.96. The molecule has 0 saturated heterocycles. The molecule has 1 aromatic heterocycles. The molecule has 23 heavy (non-hydrogen) atoms.